The third-order valence-electron chi connectivity index (χ3n) is 2.58. The number of unbranched alkanes of at least 4 members (excludes halogenated alkanes) is 5. The molecule has 2 heteroatoms. The zero-order valence-corrected chi connectivity index (χ0v) is 12.4. The molecule has 0 radical (unpaired) electrons. The molecule has 20 heavy (non-hydrogen) atoms. The lowest BCUT2D eigenvalue weighted by Gasteiger charge is -1.93. The van der Waals surface area contributed by atoms with Crippen LogP contribution in [0.1, 0.15) is 71.1 Å². The van der Waals surface area contributed by atoms with Crippen molar-refractivity contribution in [2.24, 2.45) is 0 Å². The molecule has 0 rings (SSSR count). The number of aliphatic carboxylic acids is 1. The van der Waals surface area contributed by atoms with Crippen molar-refractivity contribution in [2.45, 2.75) is 71.1 Å². The highest BCUT2D eigenvalue weighted by atomic mass is 16.4. The summed E-state index contributed by atoms with van der Waals surface area (Å²) < 4.78 is 0. The second kappa shape index (κ2) is 15.2. The summed E-state index contributed by atoms with van der Waals surface area (Å²) in [6, 6.07) is 0. The molecular weight excluding hydrogens is 248 g/mol. The fourth-order valence-corrected chi connectivity index (χ4v) is 1.45. The molecule has 0 unspecified atom stereocenters. The molecular formula is C18H24O2. The van der Waals surface area contributed by atoms with Crippen LogP contribution < -0.4 is 0 Å². The molecule has 108 valence electrons. The van der Waals surface area contributed by atoms with Crippen LogP contribution in [0.5, 0.6) is 0 Å². The summed E-state index contributed by atoms with van der Waals surface area (Å²) in [5.74, 6) is 17.5. The zero-order chi connectivity index (χ0) is 14.9. The molecule has 0 bridgehead atoms. The minimum Gasteiger partial charge on any atom is -0.481 e. The van der Waals surface area contributed by atoms with Gasteiger partial charge in [0, 0.05) is 19.3 Å². The topological polar surface area (TPSA) is 37.3 Å². The maximum Gasteiger partial charge on any atom is 0.303 e. The van der Waals surface area contributed by atoms with E-state index in [1.807, 2.05) is 0 Å². The summed E-state index contributed by atoms with van der Waals surface area (Å²) in [7, 11) is 0. The Bertz CT molecular complexity index is 429. The second-order valence-corrected chi connectivity index (χ2v) is 4.47. The molecule has 0 aliphatic carbocycles. The van der Waals surface area contributed by atoms with E-state index in [9.17, 15) is 4.79 Å². The van der Waals surface area contributed by atoms with Gasteiger partial charge in [0.2, 0.25) is 0 Å². The molecule has 0 saturated carbocycles. The van der Waals surface area contributed by atoms with E-state index in [-0.39, 0.29) is 6.42 Å². The Morgan fingerprint density at radius 3 is 1.90 bits per heavy atom. The molecule has 0 amide bonds. The van der Waals surface area contributed by atoms with Gasteiger partial charge in [-0.1, -0.05) is 43.4 Å². The summed E-state index contributed by atoms with van der Waals surface area (Å²) in [5.41, 5.74) is 0. The van der Waals surface area contributed by atoms with E-state index in [0.717, 1.165) is 32.1 Å². The lowest BCUT2D eigenvalue weighted by atomic mass is 10.1. The second-order valence-electron chi connectivity index (χ2n) is 4.47. The Morgan fingerprint density at radius 2 is 1.35 bits per heavy atom. The number of carbonyl (C=O) groups is 1. The van der Waals surface area contributed by atoms with Crippen molar-refractivity contribution in [1.82, 2.24) is 0 Å². The Morgan fingerprint density at radius 1 is 0.800 bits per heavy atom. The Balaban J connectivity index is 3.44. The lowest BCUT2D eigenvalue weighted by molar-refractivity contribution is -0.137. The summed E-state index contributed by atoms with van der Waals surface area (Å²) in [6.45, 7) is 2.16. The van der Waals surface area contributed by atoms with Gasteiger partial charge in [-0.25, -0.2) is 0 Å². The van der Waals surface area contributed by atoms with Gasteiger partial charge in [-0.3, -0.25) is 4.79 Å². The number of hydrogen-bond donors (Lipinski definition) is 1. The molecule has 0 aliphatic rings. The summed E-state index contributed by atoms with van der Waals surface area (Å²) >= 11 is 0. The average molecular weight is 272 g/mol. The third-order valence-corrected chi connectivity index (χ3v) is 2.58. The summed E-state index contributed by atoms with van der Waals surface area (Å²) in [5, 5.41) is 8.46. The van der Waals surface area contributed by atoms with Crippen molar-refractivity contribution in [2.75, 3.05) is 0 Å². The molecule has 0 aromatic heterocycles. The van der Waals surface area contributed by atoms with Crippen LogP contribution in [-0.4, -0.2) is 11.1 Å². The largest absolute Gasteiger partial charge is 0.481 e. The first-order valence-corrected chi connectivity index (χ1v) is 7.36. The average Bonchev–Trinajstić information content (AvgIpc) is 2.43. The SMILES string of the molecule is CCCCC#CCC#CCC#CCCCCCC(=O)O. The Hall–Kier alpha value is -1.85. The first-order valence-electron chi connectivity index (χ1n) is 7.36. The standard InChI is InChI=1S/C18H24O2/c1-2-3-4-5-6-7-8-9-10-11-12-13-14-15-16-17-18(19)20/h2-4,7,10,13-17H2,1H3,(H,19,20). The van der Waals surface area contributed by atoms with E-state index in [1.165, 1.54) is 12.8 Å². The number of hydrogen-bond acceptors (Lipinski definition) is 1. The van der Waals surface area contributed by atoms with E-state index in [1.54, 1.807) is 0 Å². The van der Waals surface area contributed by atoms with Crippen molar-refractivity contribution in [1.29, 1.82) is 0 Å². The first kappa shape index (κ1) is 18.1. The fourth-order valence-electron chi connectivity index (χ4n) is 1.45. The third kappa shape index (κ3) is 16.1. The molecule has 0 fully saturated rings. The van der Waals surface area contributed by atoms with Gasteiger partial charge in [0.15, 0.2) is 0 Å². The highest BCUT2D eigenvalue weighted by Gasteiger charge is 1.94. The molecule has 0 aromatic rings. The van der Waals surface area contributed by atoms with E-state index in [2.05, 4.69) is 42.4 Å². The van der Waals surface area contributed by atoms with Gasteiger partial charge in [0.05, 0.1) is 12.8 Å². The molecule has 0 aromatic carbocycles. The molecule has 0 heterocycles. The molecule has 0 saturated heterocycles. The number of carboxylic acid groups (broad SMARTS) is 1. The highest BCUT2D eigenvalue weighted by molar-refractivity contribution is 5.66. The van der Waals surface area contributed by atoms with Crippen molar-refractivity contribution < 1.29 is 9.90 Å². The smallest absolute Gasteiger partial charge is 0.303 e. The predicted octanol–water partition coefficient (Wildman–Crippen LogP) is 4.00. The van der Waals surface area contributed by atoms with Crippen molar-refractivity contribution >= 4 is 5.97 Å². The quantitative estimate of drug-likeness (QED) is 0.562. The van der Waals surface area contributed by atoms with Crippen molar-refractivity contribution in [3.63, 3.8) is 0 Å². The van der Waals surface area contributed by atoms with E-state index in [0.29, 0.717) is 12.8 Å². The van der Waals surface area contributed by atoms with Gasteiger partial charge in [-0.2, -0.15) is 0 Å². The monoisotopic (exact) mass is 272 g/mol. The maximum absolute atomic E-state index is 10.3. The van der Waals surface area contributed by atoms with E-state index < -0.39 is 5.97 Å². The predicted molar refractivity (Wildman–Crippen MR) is 82.8 cm³/mol. The van der Waals surface area contributed by atoms with Crippen LogP contribution in [0.4, 0.5) is 0 Å². The lowest BCUT2D eigenvalue weighted by Crippen LogP contribution is -1.93. The van der Waals surface area contributed by atoms with Crippen LogP contribution in [0.25, 0.3) is 0 Å². The van der Waals surface area contributed by atoms with Gasteiger partial charge in [0.25, 0.3) is 0 Å². The van der Waals surface area contributed by atoms with Crippen LogP contribution in [0.3, 0.4) is 0 Å². The minimum atomic E-state index is -0.718. The normalized spacial score (nSPS) is 8.45. The van der Waals surface area contributed by atoms with Crippen LogP contribution >= 0.6 is 0 Å². The molecule has 1 N–H and O–H groups in total. The van der Waals surface area contributed by atoms with Crippen LogP contribution in [0.2, 0.25) is 0 Å². The van der Waals surface area contributed by atoms with E-state index in [4.69, 9.17) is 5.11 Å². The Kier molecular flexibility index (Phi) is 13.8. The van der Waals surface area contributed by atoms with Crippen molar-refractivity contribution in [3.8, 4) is 35.5 Å². The van der Waals surface area contributed by atoms with Gasteiger partial charge in [-0.15, -0.1) is 11.8 Å². The van der Waals surface area contributed by atoms with Gasteiger partial charge >= 0.3 is 5.97 Å². The number of carboxylic acids is 1. The zero-order valence-electron chi connectivity index (χ0n) is 12.4. The Labute approximate surface area is 123 Å². The number of rotatable bonds is 7. The van der Waals surface area contributed by atoms with Gasteiger partial charge in [-0.05, 0) is 19.3 Å². The van der Waals surface area contributed by atoms with Gasteiger partial charge < -0.3 is 5.11 Å². The maximum atomic E-state index is 10.3. The van der Waals surface area contributed by atoms with Crippen LogP contribution in [0.15, 0.2) is 0 Å². The fraction of sp³-hybridized carbons (Fsp3) is 0.611. The van der Waals surface area contributed by atoms with Gasteiger partial charge in [0.1, 0.15) is 0 Å². The summed E-state index contributed by atoms with van der Waals surface area (Å²) in [6.07, 6.45) is 8.30. The van der Waals surface area contributed by atoms with Crippen molar-refractivity contribution in [3.05, 3.63) is 0 Å². The first-order chi connectivity index (χ1) is 9.77. The highest BCUT2D eigenvalue weighted by Crippen LogP contribution is 2.01. The summed E-state index contributed by atoms with van der Waals surface area (Å²) in [4.78, 5) is 10.3. The molecule has 0 atom stereocenters. The minimum absolute atomic E-state index is 0.262. The van der Waals surface area contributed by atoms with Crippen LogP contribution in [-0.2, 0) is 4.79 Å². The molecule has 0 aliphatic heterocycles. The van der Waals surface area contributed by atoms with Crippen LogP contribution in [0, 0.1) is 35.5 Å². The molecule has 2 nitrogen and oxygen atoms in total. The van der Waals surface area contributed by atoms with E-state index >= 15 is 0 Å². The molecule has 0 spiro atoms.